The minimum absolute atomic E-state index is 0.0593. The topological polar surface area (TPSA) is 23.6 Å². The monoisotopic (exact) mass is 368 g/mol. The minimum atomic E-state index is -0.174. The van der Waals surface area contributed by atoms with Crippen molar-refractivity contribution >= 4 is 6.41 Å². The molecule has 2 aliphatic heterocycles. The quantitative estimate of drug-likeness (QED) is 0.633. The van der Waals surface area contributed by atoms with E-state index >= 15 is 0 Å². The number of hydrogen-bond donors (Lipinski definition) is 0. The van der Waals surface area contributed by atoms with Gasteiger partial charge in [0.05, 0.1) is 12.1 Å². The lowest BCUT2D eigenvalue weighted by molar-refractivity contribution is -0.120. The maximum Gasteiger partial charge on any atom is 0.210 e. The SMILES string of the molecule is C=C/C=C1\C2=C(C)CCN2C(c2ccccc2F)CC1N(C=O)CCCC. The predicted molar refractivity (Wildman–Crippen MR) is 108 cm³/mol. The molecule has 1 aromatic carbocycles. The third kappa shape index (κ3) is 3.71. The summed E-state index contributed by atoms with van der Waals surface area (Å²) in [6.07, 6.45) is 8.44. The summed E-state index contributed by atoms with van der Waals surface area (Å²) in [4.78, 5) is 16.1. The molecule has 1 saturated heterocycles. The van der Waals surface area contributed by atoms with Crippen LogP contribution in [0.3, 0.4) is 0 Å². The average Bonchev–Trinajstić information content (AvgIpc) is 3.06. The fraction of sp³-hybridized carbons (Fsp3) is 0.435. The van der Waals surface area contributed by atoms with Crippen molar-refractivity contribution in [3.8, 4) is 0 Å². The van der Waals surface area contributed by atoms with Crippen molar-refractivity contribution in [2.24, 2.45) is 0 Å². The Balaban J connectivity index is 2.07. The highest BCUT2D eigenvalue weighted by Gasteiger charge is 2.41. The normalized spacial score (nSPS) is 23.5. The van der Waals surface area contributed by atoms with Crippen molar-refractivity contribution in [3.05, 3.63) is 71.2 Å². The van der Waals surface area contributed by atoms with Gasteiger partial charge < -0.3 is 9.80 Å². The van der Waals surface area contributed by atoms with Crippen molar-refractivity contribution < 1.29 is 9.18 Å². The van der Waals surface area contributed by atoms with E-state index in [1.165, 1.54) is 17.3 Å². The number of benzene rings is 1. The molecule has 0 bridgehead atoms. The molecule has 1 fully saturated rings. The fourth-order valence-electron chi connectivity index (χ4n) is 4.40. The molecule has 3 rings (SSSR count). The van der Waals surface area contributed by atoms with E-state index in [0.29, 0.717) is 12.0 Å². The van der Waals surface area contributed by atoms with Crippen LogP contribution >= 0.6 is 0 Å². The Labute approximate surface area is 161 Å². The first-order chi connectivity index (χ1) is 13.1. The van der Waals surface area contributed by atoms with Gasteiger partial charge in [0.2, 0.25) is 6.41 Å². The molecule has 27 heavy (non-hydrogen) atoms. The van der Waals surface area contributed by atoms with Crippen LogP contribution in [0.4, 0.5) is 4.39 Å². The predicted octanol–water partition coefficient (Wildman–Crippen LogP) is 4.99. The molecular weight excluding hydrogens is 339 g/mol. The molecule has 4 heteroatoms. The minimum Gasteiger partial charge on any atom is -0.364 e. The Bertz CT molecular complexity index is 767. The van der Waals surface area contributed by atoms with E-state index in [4.69, 9.17) is 0 Å². The number of fused-ring (bicyclic) bond motifs is 1. The Morgan fingerprint density at radius 2 is 2.15 bits per heavy atom. The van der Waals surface area contributed by atoms with Crippen LogP contribution in [0.2, 0.25) is 0 Å². The molecule has 0 radical (unpaired) electrons. The van der Waals surface area contributed by atoms with Gasteiger partial charge in [-0.2, -0.15) is 0 Å². The smallest absolute Gasteiger partial charge is 0.210 e. The third-order valence-corrected chi connectivity index (χ3v) is 5.74. The molecular formula is C23H29FN2O. The maximum absolute atomic E-state index is 14.6. The number of rotatable bonds is 7. The van der Waals surface area contributed by atoms with Crippen LogP contribution in [-0.4, -0.2) is 35.3 Å². The van der Waals surface area contributed by atoms with Gasteiger partial charge in [-0.25, -0.2) is 4.39 Å². The van der Waals surface area contributed by atoms with Crippen molar-refractivity contribution in [1.82, 2.24) is 9.80 Å². The van der Waals surface area contributed by atoms with Crippen molar-refractivity contribution in [3.63, 3.8) is 0 Å². The first-order valence-corrected chi connectivity index (χ1v) is 9.87. The Morgan fingerprint density at radius 3 is 2.81 bits per heavy atom. The zero-order chi connectivity index (χ0) is 19.4. The largest absolute Gasteiger partial charge is 0.364 e. The van der Waals surface area contributed by atoms with Gasteiger partial charge in [0.15, 0.2) is 0 Å². The van der Waals surface area contributed by atoms with E-state index in [1.807, 2.05) is 23.1 Å². The summed E-state index contributed by atoms with van der Waals surface area (Å²) in [5, 5.41) is 0. The van der Waals surface area contributed by atoms with E-state index in [0.717, 1.165) is 44.3 Å². The summed E-state index contributed by atoms with van der Waals surface area (Å²) in [6, 6.07) is 6.91. The standard InChI is InChI=1S/C23H29FN2O/c1-4-6-13-25(16-27)21-15-22(18-10-7-8-11-20(18)24)26-14-12-17(3)23(26)19(21)9-5-2/h5,7-11,16,21-22H,2,4,6,12-15H2,1,3H3/b19-9-. The van der Waals surface area contributed by atoms with E-state index < -0.39 is 0 Å². The Morgan fingerprint density at radius 1 is 1.37 bits per heavy atom. The van der Waals surface area contributed by atoms with Crippen molar-refractivity contribution in [2.75, 3.05) is 13.1 Å². The lowest BCUT2D eigenvalue weighted by atomic mass is 9.85. The van der Waals surface area contributed by atoms with E-state index in [9.17, 15) is 9.18 Å². The Kier molecular flexibility index (Phi) is 6.15. The molecule has 1 amide bonds. The van der Waals surface area contributed by atoms with E-state index in [2.05, 4.69) is 25.3 Å². The van der Waals surface area contributed by atoms with Gasteiger partial charge >= 0.3 is 0 Å². The molecule has 0 aromatic heterocycles. The molecule has 3 nitrogen and oxygen atoms in total. The van der Waals surface area contributed by atoms with Crippen molar-refractivity contribution in [2.45, 2.75) is 51.6 Å². The van der Waals surface area contributed by atoms with Gasteiger partial charge in [-0.3, -0.25) is 4.79 Å². The third-order valence-electron chi connectivity index (χ3n) is 5.74. The molecule has 0 aliphatic carbocycles. The molecule has 0 N–H and O–H groups in total. The van der Waals surface area contributed by atoms with Crippen molar-refractivity contribution in [1.29, 1.82) is 0 Å². The summed E-state index contributed by atoms with van der Waals surface area (Å²) < 4.78 is 14.6. The van der Waals surface area contributed by atoms with Gasteiger partial charge in [0.1, 0.15) is 5.82 Å². The highest BCUT2D eigenvalue weighted by atomic mass is 19.1. The number of unbranched alkanes of at least 4 members (excludes halogenated alkanes) is 1. The van der Waals surface area contributed by atoms with E-state index in [1.54, 1.807) is 12.1 Å². The fourth-order valence-corrected chi connectivity index (χ4v) is 4.40. The summed E-state index contributed by atoms with van der Waals surface area (Å²) in [5.74, 6) is -0.174. The zero-order valence-corrected chi connectivity index (χ0v) is 16.3. The lowest BCUT2D eigenvalue weighted by Crippen LogP contribution is -2.46. The van der Waals surface area contributed by atoms with Crippen LogP contribution in [-0.2, 0) is 4.79 Å². The van der Waals surface area contributed by atoms with Crippen LogP contribution in [0, 0.1) is 5.82 Å². The van der Waals surface area contributed by atoms with Gasteiger partial charge in [-0.05, 0) is 43.4 Å². The summed E-state index contributed by atoms with van der Waals surface area (Å²) in [7, 11) is 0. The number of halogens is 1. The zero-order valence-electron chi connectivity index (χ0n) is 16.3. The number of amides is 1. The van der Waals surface area contributed by atoms with Crippen LogP contribution in [0.15, 0.2) is 59.8 Å². The highest BCUT2D eigenvalue weighted by molar-refractivity contribution is 5.54. The number of carbonyl (C=O) groups excluding carboxylic acids is 1. The van der Waals surface area contributed by atoms with Crippen LogP contribution in [0.25, 0.3) is 0 Å². The van der Waals surface area contributed by atoms with Gasteiger partial charge in [0.25, 0.3) is 0 Å². The number of piperidine rings is 1. The van der Waals surface area contributed by atoms with E-state index in [-0.39, 0.29) is 17.9 Å². The second-order valence-electron chi connectivity index (χ2n) is 7.42. The average molecular weight is 368 g/mol. The molecule has 2 atom stereocenters. The first kappa shape index (κ1) is 19.4. The van der Waals surface area contributed by atoms with Crippen LogP contribution in [0.5, 0.6) is 0 Å². The highest BCUT2D eigenvalue weighted by Crippen LogP contribution is 2.46. The number of hydrogen-bond acceptors (Lipinski definition) is 2. The second-order valence-corrected chi connectivity index (χ2v) is 7.42. The lowest BCUT2D eigenvalue weighted by Gasteiger charge is -2.45. The van der Waals surface area contributed by atoms with Gasteiger partial charge in [-0.1, -0.05) is 50.3 Å². The molecule has 0 spiro atoms. The molecule has 2 unspecified atom stereocenters. The number of nitrogens with zero attached hydrogens (tertiary/aromatic N) is 2. The van der Waals surface area contributed by atoms with Gasteiger partial charge in [-0.15, -0.1) is 0 Å². The first-order valence-electron chi connectivity index (χ1n) is 9.87. The summed E-state index contributed by atoms with van der Waals surface area (Å²) >= 11 is 0. The maximum atomic E-state index is 14.6. The molecule has 144 valence electrons. The number of allylic oxidation sites excluding steroid dienone is 2. The molecule has 2 heterocycles. The van der Waals surface area contributed by atoms with Gasteiger partial charge in [0, 0.05) is 24.4 Å². The second kappa shape index (κ2) is 8.55. The van der Waals surface area contributed by atoms with Crippen LogP contribution in [0.1, 0.15) is 51.1 Å². The number of carbonyl (C=O) groups is 1. The Hall–Kier alpha value is -2.36. The van der Waals surface area contributed by atoms with Crippen LogP contribution < -0.4 is 0 Å². The molecule has 1 aromatic rings. The summed E-state index contributed by atoms with van der Waals surface area (Å²) in [5.41, 5.74) is 4.32. The summed E-state index contributed by atoms with van der Waals surface area (Å²) in [6.45, 7) is 9.75. The molecule has 0 saturated carbocycles. The molecule has 2 aliphatic rings.